The summed E-state index contributed by atoms with van der Waals surface area (Å²) in [6.45, 7) is 9.05. The van der Waals surface area contributed by atoms with Gasteiger partial charge >= 0.3 is 0 Å². The van der Waals surface area contributed by atoms with Crippen molar-refractivity contribution in [2.24, 2.45) is 0 Å². The lowest BCUT2D eigenvalue weighted by atomic mass is 10.1. The van der Waals surface area contributed by atoms with Crippen molar-refractivity contribution in [1.82, 2.24) is 25.0 Å². The Labute approximate surface area is 115 Å². The molecule has 0 radical (unpaired) electrons. The van der Waals surface area contributed by atoms with E-state index in [1.165, 1.54) is 6.42 Å². The largest absolute Gasteiger partial charge is 0.253 e. The number of aryl methyl sites for hydroxylation is 4. The van der Waals surface area contributed by atoms with E-state index in [9.17, 15) is 0 Å². The predicted molar refractivity (Wildman–Crippen MR) is 75.8 cm³/mol. The Bertz CT molecular complexity index is 461. The van der Waals surface area contributed by atoms with Crippen LogP contribution in [0.15, 0.2) is 18.6 Å². The summed E-state index contributed by atoms with van der Waals surface area (Å²) in [6.07, 6.45) is 8.75. The number of aromatic nitrogens is 5. The van der Waals surface area contributed by atoms with Gasteiger partial charge in [0.25, 0.3) is 0 Å². The minimum absolute atomic E-state index is 0.806. The first-order valence-electron chi connectivity index (χ1n) is 6.86. The van der Waals surface area contributed by atoms with Crippen LogP contribution in [0.2, 0.25) is 0 Å². The number of nitrogens with zero attached hydrogens (tertiary/aromatic N) is 5. The van der Waals surface area contributed by atoms with Crippen molar-refractivity contribution in [2.45, 2.75) is 53.5 Å². The second-order valence-electron chi connectivity index (χ2n) is 4.41. The number of hydrogen-bond donors (Lipinski definition) is 0. The van der Waals surface area contributed by atoms with Crippen LogP contribution < -0.4 is 0 Å². The summed E-state index contributed by atoms with van der Waals surface area (Å²) in [4.78, 5) is 8.32. The van der Waals surface area contributed by atoms with Crippen LogP contribution in [0.3, 0.4) is 0 Å². The maximum Gasteiger partial charge on any atom is 0.125 e. The van der Waals surface area contributed by atoms with Gasteiger partial charge in [0.15, 0.2) is 0 Å². The zero-order valence-corrected chi connectivity index (χ0v) is 12.3. The molecule has 5 nitrogen and oxygen atoms in total. The molecule has 104 valence electrons. The second-order valence-corrected chi connectivity index (χ2v) is 4.41. The van der Waals surface area contributed by atoms with Gasteiger partial charge in [-0.15, -0.1) is 5.10 Å². The lowest BCUT2D eigenvalue weighted by Gasteiger charge is -1.98. The molecule has 2 rings (SSSR count). The second kappa shape index (κ2) is 8.34. The van der Waals surface area contributed by atoms with Crippen molar-refractivity contribution in [3.8, 4) is 0 Å². The molecule has 19 heavy (non-hydrogen) atoms. The molecular weight excluding hydrogens is 238 g/mol. The highest BCUT2D eigenvalue weighted by Gasteiger charge is 2.01. The van der Waals surface area contributed by atoms with Gasteiger partial charge in [-0.05, 0) is 32.3 Å². The van der Waals surface area contributed by atoms with E-state index >= 15 is 0 Å². The maximum absolute atomic E-state index is 4.16. The first kappa shape index (κ1) is 15.3. The Morgan fingerprint density at radius 2 is 1.68 bits per heavy atom. The van der Waals surface area contributed by atoms with Crippen LogP contribution in [0.5, 0.6) is 0 Å². The van der Waals surface area contributed by atoms with E-state index in [0.29, 0.717) is 0 Å². The van der Waals surface area contributed by atoms with E-state index in [0.717, 1.165) is 36.5 Å². The first-order valence-corrected chi connectivity index (χ1v) is 6.86. The fourth-order valence-corrected chi connectivity index (χ4v) is 1.43. The Kier molecular flexibility index (Phi) is 6.71. The molecule has 0 N–H and O–H groups in total. The molecule has 0 atom stereocenters. The molecule has 5 heteroatoms. The first-order chi connectivity index (χ1) is 9.19. The highest BCUT2D eigenvalue weighted by Crippen LogP contribution is 2.03. The third-order valence-corrected chi connectivity index (χ3v) is 2.41. The van der Waals surface area contributed by atoms with Gasteiger partial charge in [-0.25, -0.2) is 9.97 Å². The summed E-state index contributed by atoms with van der Waals surface area (Å²) >= 11 is 0. The molecule has 2 aromatic rings. The Morgan fingerprint density at radius 3 is 2.21 bits per heavy atom. The van der Waals surface area contributed by atoms with Crippen molar-refractivity contribution in [3.05, 3.63) is 35.7 Å². The Hall–Kier alpha value is -1.78. The van der Waals surface area contributed by atoms with Crippen molar-refractivity contribution in [2.75, 3.05) is 0 Å². The van der Waals surface area contributed by atoms with Gasteiger partial charge in [0, 0.05) is 25.1 Å². The molecule has 0 spiro atoms. The Morgan fingerprint density at radius 1 is 1.05 bits per heavy atom. The highest BCUT2D eigenvalue weighted by atomic mass is 15.4. The van der Waals surface area contributed by atoms with Crippen LogP contribution in [-0.4, -0.2) is 25.0 Å². The zero-order valence-electron chi connectivity index (χ0n) is 12.3. The molecule has 0 aromatic carbocycles. The molecule has 0 aliphatic carbocycles. The molecule has 2 aromatic heterocycles. The van der Waals surface area contributed by atoms with E-state index in [1.54, 1.807) is 0 Å². The van der Waals surface area contributed by atoms with Gasteiger partial charge < -0.3 is 0 Å². The van der Waals surface area contributed by atoms with Gasteiger partial charge in [0.2, 0.25) is 0 Å². The Balaban J connectivity index is 0.000000550. The lowest BCUT2D eigenvalue weighted by molar-refractivity contribution is 0.626. The predicted octanol–water partition coefficient (Wildman–Crippen LogP) is 2.60. The van der Waals surface area contributed by atoms with E-state index in [2.05, 4.69) is 34.1 Å². The van der Waals surface area contributed by atoms with Crippen molar-refractivity contribution >= 4 is 0 Å². The molecule has 0 unspecified atom stereocenters. The van der Waals surface area contributed by atoms with Crippen molar-refractivity contribution < 1.29 is 0 Å². The monoisotopic (exact) mass is 261 g/mol. The maximum atomic E-state index is 4.16. The molecule has 2 heterocycles. The average molecular weight is 261 g/mol. The lowest BCUT2D eigenvalue weighted by Crippen LogP contribution is -1.95. The summed E-state index contributed by atoms with van der Waals surface area (Å²) in [7, 11) is 0. The van der Waals surface area contributed by atoms with Crippen LogP contribution in [0.25, 0.3) is 0 Å². The van der Waals surface area contributed by atoms with E-state index in [4.69, 9.17) is 0 Å². The third kappa shape index (κ3) is 5.59. The summed E-state index contributed by atoms with van der Waals surface area (Å²) in [5.74, 6) is 0.806. The number of hydrogen-bond acceptors (Lipinski definition) is 4. The minimum atomic E-state index is 0.806. The minimum Gasteiger partial charge on any atom is -0.253 e. The van der Waals surface area contributed by atoms with Gasteiger partial charge in [-0.2, -0.15) is 0 Å². The quantitative estimate of drug-likeness (QED) is 0.849. The smallest absolute Gasteiger partial charge is 0.125 e. The van der Waals surface area contributed by atoms with E-state index < -0.39 is 0 Å². The van der Waals surface area contributed by atoms with Crippen LogP contribution in [0.1, 0.15) is 44.3 Å². The van der Waals surface area contributed by atoms with Crippen LogP contribution in [0.4, 0.5) is 0 Å². The summed E-state index contributed by atoms with van der Waals surface area (Å²) in [6, 6.07) is 0. The zero-order chi connectivity index (χ0) is 14.1. The summed E-state index contributed by atoms with van der Waals surface area (Å²) in [5.41, 5.74) is 2.15. The topological polar surface area (TPSA) is 56.5 Å². The van der Waals surface area contributed by atoms with Crippen molar-refractivity contribution in [1.29, 1.82) is 0 Å². The van der Waals surface area contributed by atoms with Crippen molar-refractivity contribution in [3.63, 3.8) is 0 Å². The van der Waals surface area contributed by atoms with Gasteiger partial charge in [-0.1, -0.05) is 25.5 Å². The molecule has 0 amide bonds. The molecule has 0 bridgehead atoms. The van der Waals surface area contributed by atoms with E-state index in [1.807, 2.05) is 37.1 Å². The normalized spacial score (nSPS) is 9.89. The van der Waals surface area contributed by atoms with Gasteiger partial charge in [0.05, 0.1) is 5.69 Å². The SMILES string of the molecule is CCC.CCn1cc(CCc2cnc(C)nc2)nn1. The molecular formula is C14H23N5. The number of rotatable bonds is 4. The fraction of sp³-hybridized carbons (Fsp3) is 0.571. The fourth-order valence-electron chi connectivity index (χ4n) is 1.43. The highest BCUT2D eigenvalue weighted by molar-refractivity contribution is 5.07. The van der Waals surface area contributed by atoms with Gasteiger partial charge in [-0.3, -0.25) is 4.68 Å². The van der Waals surface area contributed by atoms with E-state index in [-0.39, 0.29) is 0 Å². The molecule has 0 aliphatic rings. The summed E-state index contributed by atoms with van der Waals surface area (Å²) in [5, 5.41) is 8.09. The molecule has 0 fully saturated rings. The average Bonchev–Trinajstić information content (AvgIpc) is 2.87. The van der Waals surface area contributed by atoms with Crippen LogP contribution >= 0.6 is 0 Å². The van der Waals surface area contributed by atoms with Crippen LogP contribution in [0, 0.1) is 6.92 Å². The molecule has 0 aliphatic heterocycles. The standard InChI is InChI=1S/C11H15N5.C3H8/c1-3-16-8-11(14-15-16)5-4-10-6-12-9(2)13-7-10;1-3-2/h6-8H,3-5H2,1-2H3;3H2,1-2H3. The summed E-state index contributed by atoms with van der Waals surface area (Å²) < 4.78 is 1.83. The molecule has 0 saturated heterocycles. The molecule has 0 saturated carbocycles. The van der Waals surface area contributed by atoms with Gasteiger partial charge in [0.1, 0.15) is 5.82 Å². The third-order valence-electron chi connectivity index (χ3n) is 2.41. The van der Waals surface area contributed by atoms with Crippen LogP contribution in [-0.2, 0) is 19.4 Å².